The maximum atomic E-state index is 12.3. The normalized spacial score (nSPS) is 32.7. The van der Waals surface area contributed by atoms with Crippen LogP contribution < -0.4 is 5.32 Å². The number of rotatable bonds is 5. The molecule has 4 atom stereocenters. The molecule has 2 aromatic rings. The van der Waals surface area contributed by atoms with Gasteiger partial charge in [-0.1, -0.05) is 0 Å². The Kier molecular flexibility index (Phi) is 3.99. The fourth-order valence-corrected chi connectivity index (χ4v) is 5.58. The Labute approximate surface area is 155 Å². The van der Waals surface area contributed by atoms with Crippen molar-refractivity contribution < 1.29 is 9.53 Å². The molecule has 0 unspecified atom stereocenters. The lowest BCUT2D eigenvalue weighted by Crippen LogP contribution is -2.42. The predicted octanol–water partition coefficient (Wildman–Crippen LogP) is 1.34. The third-order valence-electron chi connectivity index (χ3n) is 5.99. The lowest BCUT2D eigenvalue weighted by atomic mass is 9.73. The van der Waals surface area contributed by atoms with Gasteiger partial charge in [-0.25, -0.2) is 9.97 Å². The molecule has 136 valence electrons. The molecular weight excluding hydrogens is 350 g/mol. The molecule has 3 saturated heterocycles. The molecular formula is C18H21N5O2S. The largest absolute Gasteiger partial charge is 0.370 e. The highest BCUT2D eigenvalue weighted by Crippen LogP contribution is 2.54. The fraction of sp³-hybridized carbons (Fsp3) is 0.556. The standard InChI is InChI=1S/C18H21N5O2S/c24-17(14-8-19-3-4-20-14)22-7-12-13-9-23(10-16-21-5-6-26-16)11-18(13)2-1-15(12)25-18/h3-6,8,12-13,15H,1-2,7,9-11H2,(H,22,24)/t12-,13+,15+,18+/m0/s1. The van der Waals surface area contributed by atoms with Gasteiger partial charge in [0.2, 0.25) is 0 Å². The number of aromatic nitrogens is 3. The molecule has 3 fully saturated rings. The smallest absolute Gasteiger partial charge is 0.271 e. The summed E-state index contributed by atoms with van der Waals surface area (Å²) >= 11 is 1.70. The fourth-order valence-electron chi connectivity index (χ4n) is 4.92. The van der Waals surface area contributed by atoms with Gasteiger partial charge in [0.25, 0.3) is 5.91 Å². The molecule has 1 N–H and O–H groups in total. The van der Waals surface area contributed by atoms with Crippen molar-refractivity contribution in [2.24, 2.45) is 11.8 Å². The highest BCUT2D eigenvalue weighted by Gasteiger charge is 2.62. The lowest BCUT2D eigenvalue weighted by Gasteiger charge is -2.29. The van der Waals surface area contributed by atoms with Gasteiger partial charge in [0.15, 0.2) is 0 Å². The van der Waals surface area contributed by atoms with Crippen LogP contribution in [-0.2, 0) is 11.3 Å². The second kappa shape index (κ2) is 6.37. The zero-order chi connectivity index (χ0) is 17.6. The highest BCUT2D eigenvalue weighted by molar-refractivity contribution is 7.09. The number of ether oxygens (including phenoxy) is 1. The van der Waals surface area contributed by atoms with Crippen LogP contribution in [0.1, 0.15) is 28.3 Å². The second-order valence-electron chi connectivity index (χ2n) is 7.43. The molecule has 3 aliphatic rings. The van der Waals surface area contributed by atoms with Gasteiger partial charge in [-0.05, 0) is 12.8 Å². The van der Waals surface area contributed by atoms with E-state index in [1.165, 1.54) is 12.4 Å². The third-order valence-corrected chi connectivity index (χ3v) is 6.76. The van der Waals surface area contributed by atoms with Gasteiger partial charge in [-0.3, -0.25) is 14.7 Å². The van der Waals surface area contributed by atoms with E-state index in [4.69, 9.17) is 4.74 Å². The molecule has 2 bridgehead atoms. The van der Waals surface area contributed by atoms with Crippen LogP contribution in [0.15, 0.2) is 30.2 Å². The summed E-state index contributed by atoms with van der Waals surface area (Å²) in [4.78, 5) is 27.2. The number of thiazole rings is 1. The molecule has 0 aliphatic carbocycles. The number of carbonyl (C=O) groups excluding carboxylic acids is 1. The summed E-state index contributed by atoms with van der Waals surface area (Å²) in [6.07, 6.45) is 8.96. The van der Waals surface area contributed by atoms with Gasteiger partial charge in [0.05, 0.1) is 24.4 Å². The van der Waals surface area contributed by atoms with Crippen molar-refractivity contribution in [1.29, 1.82) is 0 Å². The van der Waals surface area contributed by atoms with Crippen LogP contribution in [0, 0.1) is 11.8 Å². The monoisotopic (exact) mass is 371 g/mol. The minimum atomic E-state index is -0.160. The Morgan fingerprint density at radius 2 is 2.35 bits per heavy atom. The number of hydrogen-bond acceptors (Lipinski definition) is 7. The van der Waals surface area contributed by atoms with Crippen molar-refractivity contribution in [2.45, 2.75) is 31.1 Å². The second-order valence-corrected chi connectivity index (χ2v) is 8.41. The Morgan fingerprint density at radius 3 is 3.15 bits per heavy atom. The molecule has 8 heteroatoms. The van der Waals surface area contributed by atoms with Crippen molar-refractivity contribution in [3.8, 4) is 0 Å². The van der Waals surface area contributed by atoms with Gasteiger partial charge < -0.3 is 10.1 Å². The van der Waals surface area contributed by atoms with Gasteiger partial charge >= 0.3 is 0 Å². The minimum Gasteiger partial charge on any atom is -0.370 e. The maximum Gasteiger partial charge on any atom is 0.271 e. The van der Waals surface area contributed by atoms with Crippen LogP contribution in [0.3, 0.4) is 0 Å². The highest BCUT2D eigenvalue weighted by atomic mass is 32.1. The van der Waals surface area contributed by atoms with Crippen LogP contribution in [0.4, 0.5) is 0 Å². The van der Waals surface area contributed by atoms with E-state index < -0.39 is 0 Å². The summed E-state index contributed by atoms with van der Waals surface area (Å²) in [6.45, 7) is 3.52. The average Bonchev–Trinajstić information content (AvgIpc) is 3.42. The Bertz CT molecular complexity index is 786. The average molecular weight is 371 g/mol. The zero-order valence-electron chi connectivity index (χ0n) is 14.4. The Balaban J connectivity index is 1.25. The summed E-state index contributed by atoms with van der Waals surface area (Å²) in [5, 5.41) is 6.23. The molecule has 1 amide bonds. The van der Waals surface area contributed by atoms with E-state index in [9.17, 15) is 4.79 Å². The quantitative estimate of drug-likeness (QED) is 0.854. The molecule has 1 spiro atoms. The first-order valence-electron chi connectivity index (χ1n) is 9.06. The minimum absolute atomic E-state index is 0.0239. The molecule has 5 heterocycles. The van der Waals surface area contributed by atoms with Gasteiger partial charge in [-0.15, -0.1) is 11.3 Å². The molecule has 0 saturated carbocycles. The number of carbonyl (C=O) groups is 1. The molecule has 0 aromatic carbocycles. The first-order chi connectivity index (χ1) is 12.7. The first-order valence-corrected chi connectivity index (χ1v) is 9.94. The third kappa shape index (κ3) is 2.72. The molecule has 26 heavy (non-hydrogen) atoms. The number of nitrogens with zero attached hydrogens (tertiary/aromatic N) is 4. The number of nitrogens with one attached hydrogen (secondary N) is 1. The van der Waals surface area contributed by atoms with Crippen LogP contribution in [0.5, 0.6) is 0 Å². The number of likely N-dealkylation sites (tertiary alicyclic amines) is 1. The summed E-state index contributed by atoms with van der Waals surface area (Å²) in [6, 6.07) is 0. The summed E-state index contributed by atoms with van der Waals surface area (Å²) in [5.41, 5.74) is 0.340. The van der Waals surface area contributed by atoms with Gasteiger partial charge in [0, 0.05) is 55.4 Å². The van der Waals surface area contributed by atoms with Crippen molar-refractivity contribution in [3.05, 3.63) is 40.9 Å². The molecule has 5 rings (SSSR count). The van der Waals surface area contributed by atoms with Crippen molar-refractivity contribution in [2.75, 3.05) is 19.6 Å². The summed E-state index contributed by atoms with van der Waals surface area (Å²) in [5.74, 6) is 0.682. The lowest BCUT2D eigenvalue weighted by molar-refractivity contribution is 0.00212. The summed E-state index contributed by atoms with van der Waals surface area (Å²) < 4.78 is 6.45. The number of hydrogen-bond donors (Lipinski definition) is 1. The van der Waals surface area contributed by atoms with Crippen LogP contribution in [0.25, 0.3) is 0 Å². The zero-order valence-corrected chi connectivity index (χ0v) is 15.2. The maximum absolute atomic E-state index is 12.3. The Hall–Kier alpha value is -1.90. The van der Waals surface area contributed by atoms with Gasteiger partial charge in [-0.2, -0.15) is 0 Å². The van der Waals surface area contributed by atoms with E-state index >= 15 is 0 Å². The molecule has 7 nitrogen and oxygen atoms in total. The summed E-state index contributed by atoms with van der Waals surface area (Å²) in [7, 11) is 0. The van der Waals surface area contributed by atoms with Crippen LogP contribution in [-0.4, -0.2) is 57.1 Å². The first kappa shape index (κ1) is 16.3. The van der Waals surface area contributed by atoms with E-state index in [2.05, 4.69) is 25.2 Å². The van der Waals surface area contributed by atoms with E-state index in [1.807, 2.05) is 11.6 Å². The Morgan fingerprint density at radius 1 is 1.38 bits per heavy atom. The van der Waals surface area contributed by atoms with E-state index in [1.54, 1.807) is 17.5 Å². The topological polar surface area (TPSA) is 80.2 Å². The number of amides is 1. The van der Waals surface area contributed by atoms with Crippen LogP contribution >= 0.6 is 11.3 Å². The van der Waals surface area contributed by atoms with Gasteiger partial charge in [0.1, 0.15) is 10.7 Å². The SMILES string of the molecule is O=C(NC[C@H]1[C@H]2CN(Cc3nccs3)C[C@]23CC[C@H]1O3)c1cnccn1. The van der Waals surface area contributed by atoms with E-state index in [-0.39, 0.29) is 17.6 Å². The van der Waals surface area contributed by atoms with Crippen LogP contribution in [0.2, 0.25) is 0 Å². The van der Waals surface area contributed by atoms with E-state index in [0.717, 1.165) is 37.5 Å². The molecule has 3 aliphatic heterocycles. The van der Waals surface area contributed by atoms with E-state index in [0.29, 0.717) is 24.1 Å². The van der Waals surface area contributed by atoms with Crippen molar-refractivity contribution in [1.82, 2.24) is 25.2 Å². The molecule has 0 radical (unpaired) electrons. The number of fused-ring (bicyclic) bond motifs is 1. The van der Waals surface area contributed by atoms with Crippen molar-refractivity contribution in [3.63, 3.8) is 0 Å². The molecule has 2 aromatic heterocycles. The van der Waals surface area contributed by atoms with Crippen molar-refractivity contribution >= 4 is 17.2 Å². The predicted molar refractivity (Wildman–Crippen MR) is 95.6 cm³/mol.